The van der Waals surface area contributed by atoms with Crippen LogP contribution < -0.4 is 0 Å². The van der Waals surface area contributed by atoms with Gasteiger partial charge in [-0.25, -0.2) is 0 Å². The molecule has 0 radical (unpaired) electrons. The van der Waals surface area contributed by atoms with Gasteiger partial charge in [0.05, 0.1) is 6.54 Å². The van der Waals surface area contributed by atoms with Crippen LogP contribution in [-0.2, 0) is 6.54 Å². The fourth-order valence-corrected chi connectivity index (χ4v) is 4.51. The van der Waals surface area contributed by atoms with E-state index in [4.69, 9.17) is 4.52 Å². The van der Waals surface area contributed by atoms with E-state index in [0.29, 0.717) is 5.82 Å². The number of nitrogens with zero attached hydrogens (tertiary/aromatic N) is 4. The molecule has 0 unspecified atom stereocenters. The molecule has 5 nitrogen and oxygen atoms in total. The second kappa shape index (κ2) is 8.98. The third kappa shape index (κ3) is 5.17. The normalized spacial score (nSPS) is 20.6. The molecule has 1 aliphatic carbocycles. The molecule has 2 aromatic rings. The van der Waals surface area contributed by atoms with Crippen LogP contribution in [0, 0.1) is 12.8 Å². The van der Waals surface area contributed by atoms with E-state index in [2.05, 4.69) is 39.0 Å². The number of rotatable bonds is 5. The molecule has 0 N–H and O–H groups in total. The zero-order valence-electron chi connectivity index (χ0n) is 16.6. The lowest BCUT2D eigenvalue weighted by Gasteiger charge is -2.28. The molecular formula is C22H32N4O. The number of aryl methyl sites for hydroxylation is 1. The lowest BCUT2D eigenvalue weighted by atomic mass is 9.89. The first kappa shape index (κ1) is 18.6. The molecule has 4 rings (SSSR count). The van der Waals surface area contributed by atoms with Crippen LogP contribution in [0.15, 0.2) is 28.8 Å². The van der Waals surface area contributed by atoms with Gasteiger partial charge in [0, 0.05) is 25.2 Å². The van der Waals surface area contributed by atoms with E-state index in [1.54, 1.807) is 0 Å². The zero-order valence-corrected chi connectivity index (χ0v) is 16.6. The molecule has 1 saturated carbocycles. The number of hydrogen-bond acceptors (Lipinski definition) is 5. The molecule has 5 heteroatoms. The zero-order chi connectivity index (χ0) is 18.5. The summed E-state index contributed by atoms with van der Waals surface area (Å²) in [6.07, 6.45) is 8.41. The minimum absolute atomic E-state index is 0.697. The summed E-state index contributed by atoms with van der Waals surface area (Å²) in [4.78, 5) is 9.78. The van der Waals surface area contributed by atoms with Gasteiger partial charge in [0.1, 0.15) is 0 Å². The van der Waals surface area contributed by atoms with Gasteiger partial charge >= 0.3 is 0 Å². The van der Waals surface area contributed by atoms with E-state index in [9.17, 15) is 0 Å². The summed E-state index contributed by atoms with van der Waals surface area (Å²) >= 11 is 0. The van der Waals surface area contributed by atoms with Crippen molar-refractivity contribution in [2.45, 2.75) is 52.0 Å². The van der Waals surface area contributed by atoms with Crippen LogP contribution in [0.1, 0.15) is 50.0 Å². The van der Waals surface area contributed by atoms with Crippen molar-refractivity contribution in [2.75, 3.05) is 32.7 Å². The van der Waals surface area contributed by atoms with Crippen molar-refractivity contribution in [3.63, 3.8) is 0 Å². The number of benzene rings is 1. The molecule has 0 bridgehead atoms. The van der Waals surface area contributed by atoms with Crippen molar-refractivity contribution in [3.8, 4) is 11.4 Å². The Balaban J connectivity index is 1.30. The Morgan fingerprint density at radius 2 is 1.81 bits per heavy atom. The minimum Gasteiger partial charge on any atom is -0.338 e. The predicted octanol–water partition coefficient (Wildman–Crippen LogP) is 4.13. The first-order valence-corrected chi connectivity index (χ1v) is 10.6. The van der Waals surface area contributed by atoms with E-state index in [-0.39, 0.29) is 0 Å². The van der Waals surface area contributed by atoms with E-state index in [1.165, 1.54) is 57.2 Å². The molecule has 1 aromatic heterocycles. The minimum atomic E-state index is 0.697. The van der Waals surface area contributed by atoms with Gasteiger partial charge in [-0.1, -0.05) is 48.2 Å². The van der Waals surface area contributed by atoms with Crippen LogP contribution >= 0.6 is 0 Å². The average molecular weight is 369 g/mol. The van der Waals surface area contributed by atoms with E-state index in [0.717, 1.165) is 43.6 Å². The summed E-state index contributed by atoms with van der Waals surface area (Å²) < 4.78 is 5.53. The SMILES string of the molecule is Cc1cccc(-c2noc(CN3CCCN(CC4CCCCC4)CC3)n2)c1. The molecule has 146 valence electrons. The Kier molecular flexibility index (Phi) is 6.20. The van der Waals surface area contributed by atoms with Crippen molar-refractivity contribution in [2.24, 2.45) is 5.92 Å². The summed E-state index contributed by atoms with van der Waals surface area (Å²) in [5.74, 6) is 2.35. The van der Waals surface area contributed by atoms with E-state index >= 15 is 0 Å². The van der Waals surface area contributed by atoms with Crippen molar-refractivity contribution in [1.82, 2.24) is 19.9 Å². The lowest BCUT2D eigenvalue weighted by molar-refractivity contribution is 0.194. The van der Waals surface area contributed by atoms with Gasteiger partial charge in [0.25, 0.3) is 0 Å². The number of aromatic nitrogens is 2. The fraction of sp³-hybridized carbons (Fsp3) is 0.636. The molecule has 27 heavy (non-hydrogen) atoms. The Bertz CT molecular complexity index is 723. The third-order valence-electron chi connectivity index (χ3n) is 6.03. The van der Waals surface area contributed by atoms with Crippen molar-refractivity contribution >= 4 is 0 Å². The molecule has 2 fully saturated rings. The maximum absolute atomic E-state index is 5.53. The molecule has 2 aliphatic rings. The number of hydrogen-bond donors (Lipinski definition) is 0. The molecule has 0 atom stereocenters. The Morgan fingerprint density at radius 3 is 2.67 bits per heavy atom. The smallest absolute Gasteiger partial charge is 0.241 e. The van der Waals surface area contributed by atoms with E-state index < -0.39 is 0 Å². The highest BCUT2D eigenvalue weighted by Crippen LogP contribution is 2.25. The molecule has 1 aliphatic heterocycles. The molecule has 0 amide bonds. The van der Waals surface area contributed by atoms with Crippen LogP contribution in [0.25, 0.3) is 11.4 Å². The molecule has 1 aromatic carbocycles. The Hall–Kier alpha value is -1.72. The average Bonchev–Trinajstić information content (AvgIpc) is 3.04. The van der Waals surface area contributed by atoms with Gasteiger partial charge in [-0.3, -0.25) is 4.90 Å². The largest absolute Gasteiger partial charge is 0.338 e. The van der Waals surface area contributed by atoms with Crippen LogP contribution in [0.4, 0.5) is 0 Å². The van der Waals surface area contributed by atoms with Crippen LogP contribution in [0.2, 0.25) is 0 Å². The van der Waals surface area contributed by atoms with Gasteiger partial charge in [-0.15, -0.1) is 0 Å². The quantitative estimate of drug-likeness (QED) is 0.794. The monoisotopic (exact) mass is 368 g/mol. The highest BCUT2D eigenvalue weighted by atomic mass is 16.5. The summed E-state index contributed by atoms with van der Waals surface area (Å²) in [7, 11) is 0. The van der Waals surface area contributed by atoms with Gasteiger partial charge in [0.2, 0.25) is 11.7 Å². The lowest BCUT2D eigenvalue weighted by Crippen LogP contribution is -2.34. The Labute approximate surface area is 162 Å². The van der Waals surface area contributed by atoms with Crippen LogP contribution in [-0.4, -0.2) is 52.7 Å². The highest BCUT2D eigenvalue weighted by Gasteiger charge is 2.21. The summed E-state index contributed by atoms with van der Waals surface area (Å²) in [6.45, 7) is 8.74. The molecule has 2 heterocycles. The molecular weight excluding hydrogens is 336 g/mol. The van der Waals surface area contributed by atoms with Crippen LogP contribution in [0.5, 0.6) is 0 Å². The second-order valence-corrected chi connectivity index (χ2v) is 8.32. The topological polar surface area (TPSA) is 45.4 Å². The van der Waals surface area contributed by atoms with Gasteiger partial charge in [-0.05, 0) is 51.3 Å². The third-order valence-corrected chi connectivity index (χ3v) is 6.03. The van der Waals surface area contributed by atoms with Crippen molar-refractivity contribution in [1.29, 1.82) is 0 Å². The van der Waals surface area contributed by atoms with Crippen LogP contribution in [0.3, 0.4) is 0 Å². The van der Waals surface area contributed by atoms with Crippen molar-refractivity contribution in [3.05, 3.63) is 35.7 Å². The standard InChI is InChI=1S/C22H32N4O/c1-18-7-5-10-20(15-18)22-23-21(27-24-22)17-26-12-6-11-25(13-14-26)16-19-8-3-2-4-9-19/h5,7,10,15,19H,2-4,6,8-9,11-14,16-17H2,1H3. The predicted molar refractivity (Wildman–Crippen MR) is 107 cm³/mol. The summed E-state index contributed by atoms with van der Waals surface area (Å²) in [5, 5.41) is 4.19. The Morgan fingerprint density at radius 1 is 1.00 bits per heavy atom. The van der Waals surface area contributed by atoms with Gasteiger partial charge in [-0.2, -0.15) is 4.98 Å². The van der Waals surface area contributed by atoms with Crippen molar-refractivity contribution < 1.29 is 4.52 Å². The fourth-order valence-electron chi connectivity index (χ4n) is 4.51. The van der Waals surface area contributed by atoms with Gasteiger partial charge in [0.15, 0.2) is 0 Å². The summed E-state index contributed by atoms with van der Waals surface area (Å²) in [5.41, 5.74) is 2.24. The highest BCUT2D eigenvalue weighted by molar-refractivity contribution is 5.55. The maximum atomic E-state index is 5.53. The van der Waals surface area contributed by atoms with Gasteiger partial charge < -0.3 is 9.42 Å². The maximum Gasteiger partial charge on any atom is 0.241 e. The summed E-state index contributed by atoms with van der Waals surface area (Å²) in [6, 6.07) is 8.26. The first-order valence-electron chi connectivity index (χ1n) is 10.6. The second-order valence-electron chi connectivity index (χ2n) is 8.32. The molecule has 1 saturated heterocycles. The van der Waals surface area contributed by atoms with E-state index in [1.807, 2.05) is 12.1 Å². The molecule has 0 spiro atoms. The first-order chi connectivity index (χ1) is 13.3.